The number of ether oxygens (including phenoxy) is 1. The molecule has 0 aliphatic rings. The fourth-order valence-electron chi connectivity index (χ4n) is 2.01. The lowest BCUT2D eigenvalue weighted by molar-refractivity contribution is -0.129. The highest BCUT2D eigenvalue weighted by molar-refractivity contribution is 5.82. The maximum Gasteiger partial charge on any atom is 0.242 e. The first-order valence-electron chi connectivity index (χ1n) is 6.64. The van der Waals surface area contributed by atoms with Crippen molar-refractivity contribution in [3.05, 3.63) is 23.8 Å². The van der Waals surface area contributed by atoms with Crippen LogP contribution in [-0.4, -0.2) is 44.6 Å². The van der Waals surface area contributed by atoms with Gasteiger partial charge in [0.25, 0.3) is 0 Å². The van der Waals surface area contributed by atoms with Crippen LogP contribution in [0.15, 0.2) is 18.2 Å². The number of carbonyl (C=O) groups is 1. The molecule has 0 unspecified atom stereocenters. The van der Waals surface area contributed by atoms with E-state index in [0.29, 0.717) is 30.1 Å². The average molecular weight is 275 g/mol. The van der Waals surface area contributed by atoms with Gasteiger partial charge in [-0.2, -0.15) is 5.26 Å². The molecule has 0 spiro atoms. The second-order valence-electron chi connectivity index (χ2n) is 4.42. The second-order valence-corrected chi connectivity index (χ2v) is 4.42. The Kier molecular flexibility index (Phi) is 5.85. The predicted octanol–water partition coefficient (Wildman–Crippen LogP) is 1.87. The van der Waals surface area contributed by atoms with Crippen LogP contribution < -0.4 is 9.64 Å². The zero-order valence-electron chi connectivity index (χ0n) is 12.5. The van der Waals surface area contributed by atoms with E-state index in [4.69, 9.17) is 10.00 Å². The molecular formula is C15H21N3O2. The van der Waals surface area contributed by atoms with Crippen LogP contribution in [0.25, 0.3) is 0 Å². The van der Waals surface area contributed by atoms with E-state index in [9.17, 15) is 4.79 Å². The van der Waals surface area contributed by atoms with Crippen molar-refractivity contribution >= 4 is 11.6 Å². The number of likely N-dealkylation sites (N-methyl/N-ethyl adjacent to an activating group) is 2. The summed E-state index contributed by atoms with van der Waals surface area (Å²) in [6.45, 7) is 5.52. The van der Waals surface area contributed by atoms with E-state index in [-0.39, 0.29) is 12.5 Å². The summed E-state index contributed by atoms with van der Waals surface area (Å²) in [5.41, 5.74) is 1.23. The highest BCUT2D eigenvalue weighted by Crippen LogP contribution is 2.24. The summed E-state index contributed by atoms with van der Waals surface area (Å²) < 4.78 is 5.17. The standard InChI is InChI=1S/C15H21N3O2/c1-5-18(6-2)15(19)11-17(3)14-9-13(20-4)8-7-12(14)10-16/h7-9H,5-6,11H2,1-4H3. The van der Waals surface area contributed by atoms with Gasteiger partial charge in [-0.15, -0.1) is 0 Å². The minimum Gasteiger partial charge on any atom is -0.497 e. The number of benzene rings is 1. The summed E-state index contributed by atoms with van der Waals surface area (Å²) in [4.78, 5) is 15.7. The van der Waals surface area contributed by atoms with Gasteiger partial charge in [-0.05, 0) is 26.0 Å². The molecule has 0 aromatic heterocycles. The highest BCUT2D eigenvalue weighted by atomic mass is 16.5. The minimum absolute atomic E-state index is 0.0456. The Morgan fingerprint density at radius 1 is 1.35 bits per heavy atom. The molecule has 0 heterocycles. The number of nitriles is 1. The fourth-order valence-corrected chi connectivity index (χ4v) is 2.01. The molecule has 1 rings (SSSR count). The predicted molar refractivity (Wildman–Crippen MR) is 78.9 cm³/mol. The molecule has 1 amide bonds. The number of hydrogen-bond acceptors (Lipinski definition) is 4. The van der Waals surface area contributed by atoms with Crippen molar-refractivity contribution in [1.82, 2.24) is 4.90 Å². The zero-order chi connectivity index (χ0) is 15.1. The third-order valence-corrected chi connectivity index (χ3v) is 3.23. The molecule has 0 fully saturated rings. The molecule has 0 N–H and O–H groups in total. The van der Waals surface area contributed by atoms with Crippen molar-refractivity contribution in [2.45, 2.75) is 13.8 Å². The molecule has 5 heteroatoms. The minimum atomic E-state index is 0.0456. The lowest BCUT2D eigenvalue weighted by Crippen LogP contribution is -2.39. The first-order valence-corrected chi connectivity index (χ1v) is 6.64. The van der Waals surface area contributed by atoms with Crippen LogP contribution in [0.4, 0.5) is 5.69 Å². The molecule has 0 aliphatic heterocycles. The van der Waals surface area contributed by atoms with Crippen LogP contribution in [0.3, 0.4) is 0 Å². The van der Waals surface area contributed by atoms with Gasteiger partial charge in [-0.1, -0.05) is 0 Å². The van der Waals surface area contributed by atoms with Crippen LogP contribution in [0.1, 0.15) is 19.4 Å². The first kappa shape index (κ1) is 15.8. The largest absolute Gasteiger partial charge is 0.497 e. The Morgan fingerprint density at radius 3 is 2.50 bits per heavy atom. The van der Waals surface area contributed by atoms with E-state index in [1.165, 1.54) is 0 Å². The van der Waals surface area contributed by atoms with Gasteiger partial charge in [-0.3, -0.25) is 4.79 Å². The third-order valence-electron chi connectivity index (χ3n) is 3.23. The van der Waals surface area contributed by atoms with Crippen LogP contribution in [-0.2, 0) is 4.79 Å². The maximum atomic E-state index is 12.1. The van der Waals surface area contributed by atoms with Crippen LogP contribution in [0.2, 0.25) is 0 Å². The SMILES string of the molecule is CCN(CC)C(=O)CN(C)c1cc(OC)ccc1C#N. The number of carbonyl (C=O) groups excluding carboxylic acids is 1. The first-order chi connectivity index (χ1) is 9.57. The van der Waals surface area contributed by atoms with Crippen molar-refractivity contribution in [2.24, 2.45) is 0 Å². The van der Waals surface area contributed by atoms with Gasteiger partial charge in [0, 0.05) is 26.2 Å². The Morgan fingerprint density at radius 2 is 2.00 bits per heavy atom. The lowest BCUT2D eigenvalue weighted by Gasteiger charge is -2.25. The molecular weight excluding hydrogens is 254 g/mol. The molecule has 0 saturated heterocycles. The number of amides is 1. The van der Waals surface area contributed by atoms with Gasteiger partial charge in [0.1, 0.15) is 11.8 Å². The highest BCUT2D eigenvalue weighted by Gasteiger charge is 2.15. The summed E-state index contributed by atoms with van der Waals surface area (Å²) in [6.07, 6.45) is 0. The number of nitrogens with zero attached hydrogens (tertiary/aromatic N) is 3. The van der Waals surface area contributed by atoms with Crippen molar-refractivity contribution in [3.63, 3.8) is 0 Å². The number of hydrogen-bond donors (Lipinski definition) is 0. The van der Waals surface area contributed by atoms with Gasteiger partial charge in [-0.25, -0.2) is 0 Å². The van der Waals surface area contributed by atoms with Crippen molar-refractivity contribution < 1.29 is 9.53 Å². The molecule has 0 atom stereocenters. The quantitative estimate of drug-likeness (QED) is 0.795. The van der Waals surface area contributed by atoms with Gasteiger partial charge >= 0.3 is 0 Å². The van der Waals surface area contributed by atoms with E-state index in [1.807, 2.05) is 13.8 Å². The smallest absolute Gasteiger partial charge is 0.242 e. The van der Waals surface area contributed by atoms with E-state index >= 15 is 0 Å². The summed E-state index contributed by atoms with van der Waals surface area (Å²) in [6, 6.07) is 7.35. The Hall–Kier alpha value is -2.22. The molecule has 0 bridgehead atoms. The normalized spacial score (nSPS) is 9.75. The molecule has 0 saturated carbocycles. The van der Waals surface area contributed by atoms with Crippen molar-refractivity contribution in [1.29, 1.82) is 5.26 Å². The molecule has 0 aliphatic carbocycles. The molecule has 108 valence electrons. The number of anilines is 1. The van der Waals surface area contributed by atoms with Crippen molar-refractivity contribution in [3.8, 4) is 11.8 Å². The molecule has 5 nitrogen and oxygen atoms in total. The Bertz CT molecular complexity index is 504. The van der Waals surface area contributed by atoms with E-state index < -0.39 is 0 Å². The second kappa shape index (κ2) is 7.39. The van der Waals surface area contributed by atoms with Crippen molar-refractivity contribution in [2.75, 3.05) is 38.7 Å². The zero-order valence-corrected chi connectivity index (χ0v) is 12.5. The summed E-state index contributed by atoms with van der Waals surface area (Å²) >= 11 is 0. The summed E-state index contributed by atoms with van der Waals surface area (Å²) in [5, 5.41) is 9.15. The molecule has 1 aromatic rings. The van der Waals surface area contributed by atoms with Crippen LogP contribution in [0, 0.1) is 11.3 Å². The molecule has 20 heavy (non-hydrogen) atoms. The number of methoxy groups -OCH3 is 1. The Balaban J connectivity index is 2.94. The number of rotatable bonds is 6. The van der Waals surface area contributed by atoms with E-state index in [0.717, 1.165) is 0 Å². The van der Waals surface area contributed by atoms with E-state index in [2.05, 4.69) is 6.07 Å². The fraction of sp³-hybridized carbons (Fsp3) is 0.467. The van der Waals surface area contributed by atoms with Gasteiger partial charge in [0.15, 0.2) is 0 Å². The maximum absolute atomic E-state index is 12.1. The summed E-state index contributed by atoms with van der Waals surface area (Å²) in [7, 11) is 3.38. The third kappa shape index (κ3) is 3.64. The topological polar surface area (TPSA) is 56.6 Å². The van der Waals surface area contributed by atoms with Crippen LogP contribution in [0.5, 0.6) is 5.75 Å². The van der Waals surface area contributed by atoms with Gasteiger partial charge < -0.3 is 14.5 Å². The Labute approximate surface area is 120 Å². The van der Waals surface area contributed by atoms with E-state index in [1.54, 1.807) is 42.2 Å². The van der Waals surface area contributed by atoms with Gasteiger partial charge in [0.2, 0.25) is 5.91 Å². The monoisotopic (exact) mass is 275 g/mol. The molecule has 1 aromatic carbocycles. The van der Waals surface area contributed by atoms with Gasteiger partial charge in [0.05, 0.1) is 24.9 Å². The average Bonchev–Trinajstić information content (AvgIpc) is 2.47. The lowest BCUT2D eigenvalue weighted by atomic mass is 10.1. The van der Waals surface area contributed by atoms with Crippen LogP contribution >= 0.6 is 0 Å². The molecule has 0 radical (unpaired) electrons. The summed E-state index contributed by atoms with van der Waals surface area (Å²) in [5.74, 6) is 0.713.